The molecule has 0 nitrogen and oxygen atoms in total. The molecule has 1 aliphatic carbocycles. The molecular formula is C16H20. The molecule has 2 rings (SSSR count). The van der Waals surface area contributed by atoms with Crippen LogP contribution >= 0.6 is 0 Å². The maximum absolute atomic E-state index is 3.82. The van der Waals surface area contributed by atoms with Crippen molar-refractivity contribution in [3.05, 3.63) is 48.0 Å². The Labute approximate surface area is 98.7 Å². The molecule has 1 unspecified atom stereocenters. The van der Waals surface area contributed by atoms with E-state index < -0.39 is 0 Å². The Kier molecular flexibility index (Phi) is 3.61. The molecule has 0 saturated heterocycles. The van der Waals surface area contributed by atoms with Crippen LogP contribution in [0.2, 0.25) is 0 Å². The lowest BCUT2D eigenvalue weighted by atomic mass is 9.85. The van der Waals surface area contributed by atoms with Gasteiger partial charge in [0, 0.05) is 0 Å². The number of hydrogen-bond acceptors (Lipinski definition) is 0. The maximum Gasteiger partial charge on any atom is -0.0222 e. The van der Waals surface area contributed by atoms with Crippen LogP contribution in [0.25, 0.3) is 11.6 Å². The fourth-order valence-corrected chi connectivity index (χ4v) is 2.39. The summed E-state index contributed by atoms with van der Waals surface area (Å²) >= 11 is 0. The van der Waals surface area contributed by atoms with Crippen LogP contribution in [0.1, 0.15) is 43.7 Å². The van der Waals surface area contributed by atoms with Crippen molar-refractivity contribution in [3.8, 4) is 0 Å². The first-order valence-electron chi connectivity index (χ1n) is 6.25. The molecule has 0 radical (unpaired) electrons. The number of benzene rings is 1. The fourth-order valence-electron chi connectivity index (χ4n) is 2.39. The van der Waals surface area contributed by atoms with Gasteiger partial charge in [0.2, 0.25) is 0 Å². The van der Waals surface area contributed by atoms with E-state index in [1.54, 1.807) is 0 Å². The van der Waals surface area contributed by atoms with Gasteiger partial charge in [0.15, 0.2) is 0 Å². The molecule has 0 N–H and O–H groups in total. The highest BCUT2D eigenvalue weighted by Crippen LogP contribution is 2.31. The standard InChI is InChI=1S/C16H20/c1-3-13-8-10-15(11-9-13)16-7-5-6-14(4-2)12-16/h4-7,10,12-13H,2-3,8-9,11H2,1H3. The molecule has 0 aliphatic heterocycles. The predicted molar refractivity (Wildman–Crippen MR) is 72.1 cm³/mol. The van der Waals surface area contributed by atoms with Gasteiger partial charge in [-0.15, -0.1) is 0 Å². The van der Waals surface area contributed by atoms with Gasteiger partial charge in [-0.05, 0) is 47.9 Å². The summed E-state index contributed by atoms with van der Waals surface area (Å²) in [5.74, 6) is 0.909. The molecule has 0 fully saturated rings. The molecule has 0 heterocycles. The molecule has 0 aromatic heterocycles. The van der Waals surface area contributed by atoms with Gasteiger partial charge in [-0.2, -0.15) is 0 Å². The van der Waals surface area contributed by atoms with E-state index >= 15 is 0 Å². The van der Waals surface area contributed by atoms with Crippen LogP contribution in [0.4, 0.5) is 0 Å². The number of rotatable bonds is 3. The summed E-state index contributed by atoms with van der Waals surface area (Å²) in [7, 11) is 0. The van der Waals surface area contributed by atoms with Gasteiger partial charge >= 0.3 is 0 Å². The van der Waals surface area contributed by atoms with Crippen LogP contribution in [-0.2, 0) is 0 Å². The van der Waals surface area contributed by atoms with Crippen LogP contribution in [0.15, 0.2) is 36.9 Å². The van der Waals surface area contributed by atoms with Crippen molar-refractivity contribution in [1.29, 1.82) is 0 Å². The molecule has 0 saturated carbocycles. The summed E-state index contributed by atoms with van der Waals surface area (Å²) in [5.41, 5.74) is 4.12. The average Bonchev–Trinajstić information content (AvgIpc) is 2.39. The van der Waals surface area contributed by atoms with Gasteiger partial charge in [0.25, 0.3) is 0 Å². The van der Waals surface area contributed by atoms with Crippen molar-refractivity contribution in [1.82, 2.24) is 0 Å². The highest BCUT2D eigenvalue weighted by Gasteiger charge is 2.13. The summed E-state index contributed by atoms with van der Waals surface area (Å²) in [6, 6.07) is 8.68. The van der Waals surface area contributed by atoms with Gasteiger partial charge in [-0.25, -0.2) is 0 Å². The zero-order valence-electron chi connectivity index (χ0n) is 10.1. The SMILES string of the molecule is C=Cc1cccc(C2=CCC(CC)CC2)c1. The van der Waals surface area contributed by atoms with Gasteiger partial charge in [-0.1, -0.05) is 50.3 Å². The average molecular weight is 212 g/mol. The molecule has 84 valence electrons. The molecule has 0 bridgehead atoms. The zero-order chi connectivity index (χ0) is 11.4. The normalized spacial score (nSPS) is 20.3. The second-order valence-corrected chi connectivity index (χ2v) is 4.61. The van der Waals surface area contributed by atoms with Crippen LogP contribution in [0.3, 0.4) is 0 Å². The van der Waals surface area contributed by atoms with E-state index in [1.807, 2.05) is 6.08 Å². The Hall–Kier alpha value is -1.30. The Morgan fingerprint density at radius 3 is 2.94 bits per heavy atom. The van der Waals surface area contributed by atoms with Gasteiger partial charge in [0.05, 0.1) is 0 Å². The first kappa shape index (κ1) is 11.2. The van der Waals surface area contributed by atoms with Gasteiger partial charge in [0.1, 0.15) is 0 Å². The molecule has 1 aromatic carbocycles. The Balaban J connectivity index is 2.18. The molecule has 0 amide bonds. The molecule has 1 atom stereocenters. The van der Waals surface area contributed by atoms with E-state index in [1.165, 1.54) is 42.4 Å². The van der Waals surface area contributed by atoms with Crippen molar-refractivity contribution in [2.24, 2.45) is 5.92 Å². The zero-order valence-corrected chi connectivity index (χ0v) is 10.1. The minimum atomic E-state index is 0.909. The van der Waals surface area contributed by atoms with Gasteiger partial charge < -0.3 is 0 Å². The van der Waals surface area contributed by atoms with Crippen molar-refractivity contribution in [2.75, 3.05) is 0 Å². The maximum atomic E-state index is 3.82. The summed E-state index contributed by atoms with van der Waals surface area (Å²) < 4.78 is 0. The van der Waals surface area contributed by atoms with E-state index in [-0.39, 0.29) is 0 Å². The molecule has 0 spiro atoms. The van der Waals surface area contributed by atoms with Crippen LogP contribution in [0.5, 0.6) is 0 Å². The van der Waals surface area contributed by atoms with E-state index in [9.17, 15) is 0 Å². The molecular weight excluding hydrogens is 192 g/mol. The first-order chi connectivity index (χ1) is 7.83. The Morgan fingerprint density at radius 1 is 1.44 bits per heavy atom. The Morgan fingerprint density at radius 2 is 2.31 bits per heavy atom. The highest BCUT2D eigenvalue weighted by atomic mass is 14.2. The summed E-state index contributed by atoms with van der Waals surface area (Å²) in [5, 5.41) is 0. The summed E-state index contributed by atoms with van der Waals surface area (Å²) in [4.78, 5) is 0. The first-order valence-corrected chi connectivity index (χ1v) is 6.25. The molecule has 16 heavy (non-hydrogen) atoms. The lowest BCUT2D eigenvalue weighted by Gasteiger charge is -2.20. The molecule has 1 aromatic rings. The van der Waals surface area contributed by atoms with E-state index in [2.05, 4.69) is 43.8 Å². The largest absolute Gasteiger partial charge is 0.0985 e. The third kappa shape index (κ3) is 2.44. The van der Waals surface area contributed by atoms with E-state index in [0.717, 1.165) is 5.92 Å². The highest BCUT2D eigenvalue weighted by molar-refractivity contribution is 5.68. The quantitative estimate of drug-likeness (QED) is 0.667. The third-order valence-corrected chi connectivity index (χ3v) is 3.59. The second-order valence-electron chi connectivity index (χ2n) is 4.61. The number of hydrogen-bond donors (Lipinski definition) is 0. The second kappa shape index (κ2) is 5.16. The Bertz CT molecular complexity index is 398. The predicted octanol–water partition coefficient (Wildman–Crippen LogP) is 4.92. The fraction of sp³-hybridized carbons (Fsp3) is 0.375. The smallest absolute Gasteiger partial charge is 0.0222 e. The van der Waals surface area contributed by atoms with Crippen molar-refractivity contribution in [3.63, 3.8) is 0 Å². The van der Waals surface area contributed by atoms with E-state index in [4.69, 9.17) is 0 Å². The third-order valence-electron chi connectivity index (χ3n) is 3.59. The van der Waals surface area contributed by atoms with E-state index in [0.29, 0.717) is 0 Å². The van der Waals surface area contributed by atoms with Crippen LogP contribution in [-0.4, -0.2) is 0 Å². The topological polar surface area (TPSA) is 0 Å². The molecule has 0 heteroatoms. The lowest BCUT2D eigenvalue weighted by Crippen LogP contribution is -2.03. The summed E-state index contributed by atoms with van der Waals surface area (Å²) in [6.45, 7) is 6.12. The van der Waals surface area contributed by atoms with Crippen LogP contribution in [0, 0.1) is 5.92 Å². The van der Waals surface area contributed by atoms with Crippen molar-refractivity contribution in [2.45, 2.75) is 32.6 Å². The minimum absolute atomic E-state index is 0.909. The minimum Gasteiger partial charge on any atom is -0.0985 e. The number of allylic oxidation sites excluding steroid dienone is 2. The van der Waals surface area contributed by atoms with Crippen molar-refractivity contribution >= 4 is 11.6 Å². The lowest BCUT2D eigenvalue weighted by molar-refractivity contribution is 0.471. The van der Waals surface area contributed by atoms with Gasteiger partial charge in [-0.3, -0.25) is 0 Å². The summed E-state index contributed by atoms with van der Waals surface area (Å²) in [6.07, 6.45) is 9.50. The monoisotopic (exact) mass is 212 g/mol. The van der Waals surface area contributed by atoms with Crippen LogP contribution < -0.4 is 0 Å². The molecule has 1 aliphatic rings. The van der Waals surface area contributed by atoms with Crippen molar-refractivity contribution < 1.29 is 0 Å².